The van der Waals surface area contributed by atoms with Crippen molar-refractivity contribution in [1.82, 2.24) is 4.98 Å². The zero-order valence-electron chi connectivity index (χ0n) is 13.5. The van der Waals surface area contributed by atoms with Gasteiger partial charge in [0.1, 0.15) is 18.1 Å². The number of nitrogens with zero attached hydrogens (tertiary/aromatic N) is 1. The Balaban J connectivity index is 1.63. The summed E-state index contributed by atoms with van der Waals surface area (Å²) >= 11 is 0. The van der Waals surface area contributed by atoms with Crippen LogP contribution in [-0.2, 0) is 13.2 Å². The third kappa shape index (κ3) is 4.33. The highest BCUT2D eigenvalue weighted by atomic mass is 16.5. The van der Waals surface area contributed by atoms with Gasteiger partial charge in [0, 0.05) is 11.8 Å². The minimum absolute atomic E-state index is 0.0357. The van der Waals surface area contributed by atoms with Crippen LogP contribution in [0.15, 0.2) is 66.7 Å². The lowest BCUT2D eigenvalue weighted by Crippen LogP contribution is -1.96. The third-order valence-corrected chi connectivity index (χ3v) is 3.47. The van der Waals surface area contributed by atoms with Gasteiger partial charge in [0.25, 0.3) is 0 Å². The van der Waals surface area contributed by atoms with Crippen molar-refractivity contribution < 1.29 is 14.6 Å². The lowest BCUT2D eigenvalue weighted by atomic mass is 10.2. The summed E-state index contributed by atoms with van der Waals surface area (Å²) < 4.78 is 11.5. The molecule has 0 saturated heterocycles. The Labute approximate surface area is 141 Å². The number of aryl methyl sites for hydroxylation is 1. The van der Waals surface area contributed by atoms with Crippen molar-refractivity contribution in [3.63, 3.8) is 0 Å². The Morgan fingerprint density at radius 1 is 0.875 bits per heavy atom. The fraction of sp³-hybridized carbons (Fsp3) is 0.150. The van der Waals surface area contributed by atoms with E-state index in [0.29, 0.717) is 18.2 Å². The van der Waals surface area contributed by atoms with Gasteiger partial charge in [0.15, 0.2) is 0 Å². The Bertz CT molecular complexity index is 786. The van der Waals surface area contributed by atoms with Crippen molar-refractivity contribution in [2.24, 2.45) is 0 Å². The maximum absolute atomic E-state index is 9.24. The van der Waals surface area contributed by atoms with Gasteiger partial charge in [-0.2, -0.15) is 0 Å². The van der Waals surface area contributed by atoms with Crippen molar-refractivity contribution in [2.75, 3.05) is 0 Å². The van der Waals surface area contributed by atoms with Gasteiger partial charge in [0.05, 0.1) is 6.61 Å². The number of ether oxygens (including phenoxy) is 2. The van der Waals surface area contributed by atoms with Crippen LogP contribution in [-0.4, -0.2) is 10.1 Å². The Hall–Kier alpha value is -2.85. The van der Waals surface area contributed by atoms with E-state index in [9.17, 15) is 5.11 Å². The van der Waals surface area contributed by atoms with E-state index >= 15 is 0 Å². The van der Waals surface area contributed by atoms with E-state index in [2.05, 4.69) is 4.98 Å². The zero-order valence-corrected chi connectivity index (χ0v) is 13.5. The van der Waals surface area contributed by atoms with Crippen LogP contribution >= 0.6 is 0 Å². The average Bonchev–Trinajstić information content (AvgIpc) is 2.61. The molecule has 1 aromatic heterocycles. The van der Waals surface area contributed by atoms with Crippen LogP contribution < -0.4 is 9.47 Å². The van der Waals surface area contributed by atoms with E-state index in [0.717, 1.165) is 22.6 Å². The molecule has 0 saturated carbocycles. The predicted molar refractivity (Wildman–Crippen MR) is 92.2 cm³/mol. The quantitative estimate of drug-likeness (QED) is 0.737. The Kier molecular flexibility index (Phi) is 5.08. The molecule has 24 heavy (non-hydrogen) atoms. The minimum Gasteiger partial charge on any atom is -0.489 e. The lowest BCUT2D eigenvalue weighted by molar-refractivity contribution is 0.281. The largest absolute Gasteiger partial charge is 0.489 e. The molecule has 0 amide bonds. The molecule has 1 heterocycles. The molecule has 0 aliphatic carbocycles. The molecule has 0 fully saturated rings. The molecule has 4 heteroatoms. The van der Waals surface area contributed by atoms with Gasteiger partial charge in [-0.3, -0.25) is 0 Å². The van der Waals surface area contributed by atoms with Crippen molar-refractivity contribution in [2.45, 2.75) is 20.1 Å². The number of pyridine rings is 1. The molecule has 0 radical (unpaired) electrons. The number of benzene rings is 2. The van der Waals surface area contributed by atoms with Crippen molar-refractivity contribution in [1.29, 1.82) is 0 Å². The molecule has 0 bridgehead atoms. The monoisotopic (exact) mass is 321 g/mol. The first-order chi connectivity index (χ1) is 11.7. The maximum atomic E-state index is 9.24. The molecule has 0 atom stereocenters. The Morgan fingerprint density at radius 3 is 2.29 bits per heavy atom. The SMILES string of the molecule is Cc1cc(CO)cc(Oc2ccc(OCc3ccccc3)cc2)n1. The van der Waals surface area contributed by atoms with E-state index in [4.69, 9.17) is 9.47 Å². The first kappa shape index (κ1) is 16.0. The lowest BCUT2D eigenvalue weighted by Gasteiger charge is -2.09. The number of aliphatic hydroxyl groups excluding tert-OH is 1. The molecule has 3 rings (SSSR count). The van der Waals surface area contributed by atoms with Crippen LogP contribution in [0.25, 0.3) is 0 Å². The van der Waals surface area contributed by atoms with Crippen LogP contribution in [0, 0.1) is 6.92 Å². The fourth-order valence-electron chi connectivity index (χ4n) is 2.32. The average molecular weight is 321 g/mol. The molecule has 0 spiro atoms. The van der Waals surface area contributed by atoms with Crippen LogP contribution in [0.4, 0.5) is 0 Å². The fourth-order valence-corrected chi connectivity index (χ4v) is 2.32. The number of aliphatic hydroxyl groups is 1. The summed E-state index contributed by atoms with van der Waals surface area (Å²) in [4.78, 5) is 4.31. The third-order valence-electron chi connectivity index (χ3n) is 3.47. The van der Waals surface area contributed by atoms with Crippen LogP contribution in [0.5, 0.6) is 17.4 Å². The predicted octanol–water partition coefficient (Wildman–Crippen LogP) is 4.25. The molecule has 0 unspecified atom stereocenters. The van der Waals surface area contributed by atoms with Gasteiger partial charge in [-0.25, -0.2) is 4.98 Å². The molecule has 1 N–H and O–H groups in total. The molecule has 2 aromatic carbocycles. The van der Waals surface area contributed by atoms with Crippen molar-refractivity contribution >= 4 is 0 Å². The first-order valence-corrected chi connectivity index (χ1v) is 7.76. The second kappa shape index (κ2) is 7.62. The highest BCUT2D eigenvalue weighted by Gasteiger charge is 2.03. The van der Waals surface area contributed by atoms with Crippen molar-refractivity contribution in [3.8, 4) is 17.4 Å². The molecule has 3 aromatic rings. The van der Waals surface area contributed by atoms with Crippen LogP contribution in [0.1, 0.15) is 16.8 Å². The van der Waals surface area contributed by atoms with Crippen LogP contribution in [0.3, 0.4) is 0 Å². The summed E-state index contributed by atoms with van der Waals surface area (Å²) in [7, 11) is 0. The topological polar surface area (TPSA) is 51.6 Å². The van der Waals surface area contributed by atoms with Crippen LogP contribution in [0.2, 0.25) is 0 Å². The van der Waals surface area contributed by atoms with E-state index in [1.54, 1.807) is 6.07 Å². The molecular formula is C20H19NO3. The summed E-state index contributed by atoms with van der Waals surface area (Å²) in [6.07, 6.45) is 0. The number of hydrogen-bond donors (Lipinski definition) is 1. The zero-order chi connectivity index (χ0) is 16.8. The van der Waals surface area contributed by atoms with E-state index in [-0.39, 0.29) is 6.61 Å². The summed E-state index contributed by atoms with van der Waals surface area (Å²) in [6.45, 7) is 2.36. The smallest absolute Gasteiger partial charge is 0.219 e. The molecular weight excluding hydrogens is 302 g/mol. The van der Waals surface area contributed by atoms with Gasteiger partial charge in [-0.15, -0.1) is 0 Å². The van der Waals surface area contributed by atoms with Gasteiger partial charge in [-0.1, -0.05) is 30.3 Å². The highest BCUT2D eigenvalue weighted by Crippen LogP contribution is 2.24. The second-order valence-corrected chi connectivity index (χ2v) is 5.46. The summed E-state index contributed by atoms with van der Waals surface area (Å²) in [5, 5.41) is 9.24. The first-order valence-electron chi connectivity index (χ1n) is 7.76. The van der Waals surface area contributed by atoms with Gasteiger partial charge >= 0.3 is 0 Å². The van der Waals surface area contributed by atoms with E-state index < -0.39 is 0 Å². The van der Waals surface area contributed by atoms with Gasteiger partial charge < -0.3 is 14.6 Å². The molecule has 4 nitrogen and oxygen atoms in total. The van der Waals surface area contributed by atoms with Crippen molar-refractivity contribution in [3.05, 3.63) is 83.6 Å². The minimum atomic E-state index is -0.0357. The standard InChI is InChI=1S/C20H19NO3/c1-15-11-17(13-22)12-20(21-15)24-19-9-7-18(8-10-19)23-14-16-5-3-2-4-6-16/h2-12,22H,13-14H2,1H3. The summed E-state index contributed by atoms with van der Waals surface area (Å²) in [5.74, 6) is 1.92. The molecule has 0 aliphatic heterocycles. The van der Waals surface area contributed by atoms with Gasteiger partial charge in [-0.05, 0) is 48.4 Å². The highest BCUT2D eigenvalue weighted by molar-refractivity contribution is 5.35. The van der Waals surface area contributed by atoms with Gasteiger partial charge in [0.2, 0.25) is 5.88 Å². The summed E-state index contributed by atoms with van der Waals surface area (Å²) in [5.41, 5.74) is 2.71. The normalized spacial score (nSPS) is 10.4. The number of rotatable bonds is 6. The van der Waals surface area contributed by atoms with E-state index in [1.165, 1.54) is 0 Å². The number of hydrogen-bond acceptors (Lipinski definition) is 4. The maximum Gasteiger partial charge on any atom is 0.219 e. The second-order valence-electron chi connectivity index (χ2n) is 5.46. The van der Waals surface area contributed by atoms with E-state index in [1.807, 2.05) is 67.6 Å². The summed E-state index contributed by atoms with van der Waals surface area (Å²) in [6, 6.07) is 21.0. The number of aromatic nitrogens is 1. The Morgan fingerprint density at radius 2 is 1.58 bits per heavy atom. The molecule has 0 aliphatic rings. The molecule has 122 valence electrons.